The summed E-state index contributed by atoms with van der Waals surface area (Å²) in [5.41, 5.74) is -1.60. The van der Waals surface area contributed by atoms with Crippen molar-refractivity contribution in [1.29, 1.82) is 0 Å². The number of nitrogens with zero attached hydrogens (tertiary/aromatic N) is 1. The third-order valence-corrected chi connectivity index (χ3v) is 3.29. The van der Waals surface area contributed by atoms with Gasteiger partial charge in [-0.3, -0.25) is 4.79 Å². The first-order valence-electron chi connectivity index (χ1n) is 6.63. The molecule has 0 saturated heterocycles. The number of carbonyl (C=O) groups excluding carboxylic acids is 1. The van der Waals surface area contributed by atoms with Crippen molar-refractivity contribution in [3.05, 3.63) is 53.2 Å². The van der Waals surface area contributed by atoms with Crippen LogP contribution >= 0.6 is 0 Å². The zero-order valence-corrected chi connectivity index (χ0v) is 12.5. The molecule has 0 aliphatic carbocycles. The molecule has 1 unspecified atom stereocenters. The molecule has 1 amide bonds. The van der Waals surface area contributed by atoms with Crippen molar-refractivity contribution in [1.82, 2.24) is 10.5 Å². The van der Waals surface area contributed by atoms with Gasteiger partial charge >= 0.3 is 5.97 Å². The summed E-state index contributed by atoms with van der Waals surface area (Å²) in [5, 5.41) is 15.4. The number of hydrogen-bond acceptors (Lipinski definition) is 5. The lowest BCUT2D eigenvalue weighted by atomic mass is 9.92. The number of carboxylic acids is 1. The Kier molecular flexibility index (Phi) is 4.75. The maximum atomic E-state index is 13.0. The highest BCUT2D eigenvalue weighted by atomic mass is 19.1. The van der Waals surface area contributed by atoms with Crippen LogP contribution in [0.15, 0.2) is 34.9 Å². The lowest BCUT2D eigenvalue weighted by Gasteiger charge is -2.26. The summed E-state index contributed by atoms with van der Waals surface area (Å²) in [6.45, 7) is 1.44. The molecule has 8 heteroatoms. The van der Waals surface area contributed by atoms with Gasteiger partial charge in [-0.25, -0.2) is 9.18 Å². The summed E-state index contributed by atoms with van der Waals surface area (Å²) in [6.07, 6.45) is 0. The molecule has 1 aromatic carbocycles. The Balaban J connectivity index is 2.26. The number of amides is 1. The molecule has 1 aromatic heterocycles. The molecule has 2 rings (SSSR count). The van der Waals surface area contributed by atoms with E-state index in [1.807, 2.05) is 0 Å². The van der Waals surface area contributed by atoms with Gasteiger partial charge in [-0.1, -0.05) is 17.3 Å². The number of aliphatic carboxylic acids is 1. The second-order valence-electron chi connectivity index (χ2n) is 5.00. The van der Waals surface area contributed by atoms with E-state index in [4.69, 9.17) is 9.26 Å². The van der Waals surface area contributed by atoms with Gasteiger partial charge in [0.1, 0.15) is 12.4 Å². The predicted molar refractivity (Wildman–Crippen MR) is 76.1 cm³/mol. The van der Waals surface area contributed by atoms with Crippen LogP contribution in [0.25, 0.3) is 0 Å². The fourth-order valence-corrected chi connectivity index (χ4v) is 1.95. The van der Waals surface area contributed by atoms with E-state index in [0.29, 0.717) is 5.76 Å². The summed E-state index contributed by atoms with van der Waals surface area (Å²) < 4.78 is 22.7. The van der Waals surface area contributed by atoms with Crippen molar-refractivity contribution in [3.63, 3.8) is 0 Å². The van der Waals surface area contributed by atoms with Crippen LogP contribution in [0.3, 0.4) is 0 Å². The monoisotopic (exact) mass is 322 g/mol. The normalized spacial score (nSPS) is 13.3. The molecule has 7 nitrogen and oxygen atoms in total. The largest absolute Gasteiger partial charge is 0.479 e. The number of carboxylic acid groups (broad SMARTS) is 1. The summed E-state index contributed by atoms with van der Waals surface area (Å²) in [7, 11) is 1.46. The molecular weight excluding hydrogens is 307 g/mol. The quantitative estimate of drug-likeness (QED) is 0.839. The molecule has 23 heavy (non-hydrogen) atoms. The summed E-state index contributed by atoms with van der Waals surface area (Å²) in [6, 6.07) is 6.18. The lowest BCUT2D eigenvalue weighted by Crippen LogP contribution is -2.49. The van der Waals surface area contributed by atoms with Crippen molar-refractivity contribution in [2.45, 2.75) is 19.1 Å². The van der Waals surface area contributed by atoms with E-state index in [1.165, 1.54) is 32.2 Å². The number of ether oxygens (including phenoxy) is 1. The number of halogens is 1. The minimum Gasteiger partial charge on any atom is -0.479 e. The van der Waals surface area contributed by atoms with Gasteiger partial charge in [-0.15, -0.1) is 0 Å². The molecule has 0 spiro atoms. The molecule has 0 aliphatic rings. The highest BCUT2D eigenvalue weighted by molar-refractivity contribution is 5.96. The number of nitrogens with one attached hydrogen (secondary N) is 1. The first-order valence-corrected chi connectivity index (χ1v) is 6.63. The summed E-state index contributed by atoms with van der Waals surface area (Å²) in [4.78, 5) is 23.8. The van der Waals surface area contributed by atoms with Gasteiger partial charge in [0.2, 0.25) is 0 Å². The molecule has 0 fully saturated rings. The lowest BCUT2D eigenvalue weighted by molar-refractivity contribution is -0.144. The first-order chi connectivity index (χ1) is 10.9. The predicted octanol–water partition coefficient (Wildman–Crippen LogP) is 1.69. The maximum absolute atomic E-state index is 13.0. The molecule has 0 bridgehead atoms. The van der Waals surface area contributed by atoms with E-state index in [0.717, 1.165) is 12.1 Å². The molecule has 122 valence electrons. The topological polar surface area (TPSA) is 102 Å². The zero-order chi connectivity index (χ0) is 17.0. The molecule has 1 atom stereocenters. The number of carbonyl (C=O) groups is 2. The van der Waals surface area contributed by atoms with Crippen molar-refractivity contribution in [2.24, 2.45) is 0 Å². The number of methoxy groups -OCH3 is 1. The maximum Gasteiger partial charge on any atom is 0.333 e. The molecule has 0 saturated carbocycles. The van der Waals surface area contributed by atoms with E-state index in [1.54, 1.807) is 0 Å². The van der Waals surface area contributed by atoms with Crippen molar-refractivity contribution in [2.75, 3.05) is 7.11 Å². The van der Waals surface area contributed by atoms with Crippen LogP contribution < -0.4 is 5.32 Å². The Morgan fingerprint density at radius 3 is 2.61 bits per heavy atom. The Morgan fingerprint density at radius 2 is 2.04 bits per heavy atom. The third kappa shape index (κ3) is 3.54. The van der Waals surface area contributed by atoms with Crippen LogP contribution in [0.1, 0.15) is 28.7 Å². The zero-order valence-electron chi connectivity index (χ0n) is 12.5. The van der Waals surface area contributed by atoms with Crippen LogP contribution in [-0.2, 0) is 21.7 Å². The van der Waals surface area contributed by atoms with Gasteiger partial charge in [-0.2, -0.15) is 0 Å². The van der Waals surface area contributed by atoms with Gasteiger partial charge in [0.15, 0.2) is 17.0 Å². The Bertz CT molecular complexity index is 713. The molecular formula is C15H15FN2O5. The van der Waals surface area contributed by atoms with Gasteiger partial charge in [0.05, 0.1) is 0 Å². The average molecular weight is 322 g/mol. The number of aromatic nitrogens is 1. The van der Waals surface area contributed by atoms with E-state index < -0.39 is 23.2 Å². The van der Waals surface area contributed by atoms with Crippen molar-refractivity contribution >= 4 is 11.9 Å². The van der Waals surface area contributed by atoms with Crippen LogP contribution in [0.2, 0.25) is 0 Å². The first kappa shape index (κ1) is 16.6. The second kappa shape index (κ2) is 6.57. The molecule has 1 heterocycles. The van der Waals surface area contributed by atoms with E-state index in [9.17, 15) is 19.1 Å². The Hall–Kier alpha value is -2.74. The smallest absolute Gasteiger partial charge is 0.333 e. The molecule has 2 N–H and O–H groups in total. The van der Waals surface area contributed by atoms with E-state index in [-0.39, 0.29) is 17.9 Å². The van der Waals surface area contributed by atoms with Crippen LogP contribution in [0.5, 0.6) is 0 Å². The second-order valence-corrected chi connectivity index (χ2v) is 5.00. The van der Waals surface area contributed by atoms with Crippen molar-refractivity contribution < 1.29 is 28.3 Å². The van der Waals surface area contributed by atoms with E-state index >= 15 is 0 Å². The minimum atomic E-state index is -1.74. The average Bonchev–Trinajstić information content (AvgIpc) is 2.96. The molecule has 0 radical (unpaired) electrons. The standard InChI is InChI=1S/C15H15FN2O5/c1-15(14(20)21,9-3-5-10(16)6-4-9)17-13(19)12-7-11(8-22-2)23-18-12/h3-7H,8H2,1-2H3,(H,17,19)(H,20,21). The van der Waals surface area contributed by atoms with Crippen LogP contribution in [0, 0.1) is 5.82 Å². The van der Waals surface area contributed by atoms with Crippen LogP contribution in [-0.4, -0.2) is 29.2 Å². The number of hydrogen-bond donors (Lipinski definition) is 2. The SMILES string of the molecule is COCc1cc(C(=O)NC(C)(C(=O)O)c2ccc(F)cc2)no1. The van der Waals surface area contributed by atoms with Gasteiger partial charge in [0.25, 0.3) is 5.91 Å². The Morgan fingerprint density at radius 1 is 1.39 bits per heavy atom. The third-order valence-electron chi connectivity index (χ3n) is 3.29. The van der Waals surface area contributed by atoms with Crippen molar-refractivity contribution in [3.8, 4) is 0 Å². The van der Waals surface area contributed by atoms with Crippen LogP contribution in [0.4, 0.5) is 4.39 Å². The minimum absolute atomic E-state index is 0.0772. The van der Waals surface area contributed by atoms with Gasteiger partial charge in [0, 0.05) is 13.2 Å². The Labute approximate surface area is 131 Å². The summed E-state index contributed by atoms with van der Waals surface area (Å²) >= 11 is 0. The highest BCUT2D eigenvalue weighted by Crippen LogP contribution is 2.22. The number of benzene rings is 1. The fraction of sp³-hybridized carbons (Fsp3) is 0.267. The summed E-state index contributed by atoms with van der Waals surface area (Å²) in [5.74, 6) is -2.20. The highest BCUT2D eigenvalue weighted by Gasteiger charge is 2.37. The molecule has 2 aromatic rings. The van der Waals surface area contributed by atoms with Gasteiger partial charge < -0.3 is 19.7 Å². The molecule has 0 aliphatic heterocycles. The van der Waals surface area contributed by atoms with E-state index in [2.05, 4.69) is 10.5 Å². The fourth-order valence-electron chi connectivity index (χ4n) is 1.95. The number of rotatable bonds is 6. The van der Waals surface area contributed by atoms with Gasteiger partial charge in [-0.05, 0) is 24.6 Å².